The number of benzene rings is 1. The molecule has 1 aliphatic heterocycles. The molecule has 0 radical (unpaired) electrons. The highest BCUT2D eigenvalue weighted by Crippen LogP contribution is 2.20. The summed E-state index contributed by atoms with van der Waals surface area (Å²) in [6.45, 7) is 2.32. The fourth-order valence-corrected chi connectivity index (χ4v) is 3.12. The molecule has 1 unspecified atom stereocenters. The Hall–Kier alpha value is -2.14. The Morgan fingerprint density at radius 3 is 2.88 bits per heavy atom. The molecule has 5 heteroatoms. The van der Waals surface area contributed by atoms with Gasteiger partial charge in [-0.3, -0.25) is 4.79 Å². The number of aromatic nitrogens is 1. The van der Waals surface area contributed by atoms with Gasteiger partial charge in [-0.2, -0.15) is 0 Å². The van der Waals surface area contributed by atoms with Crippen molar-refractivity contribution in [2.75, 3.05) is 19.8 Å². The lowest BCUT2D eigenvalue weighted by molar-refractivity contribution is 0.0962. The zero-order valence-electron chi connectivity index (χ0n) is 15.2. The monoisotopic (exact) mass is 357 g/mol. The van der Waals surface area contributed by atoms with Crippen LogP contribution in [0.1, 0.15) is 54.8 Å². The van der Waals surface area contributed by atoms with Gasteiger partial charge in [0.05, 0.1) is 6.61 Å². The summed E-state index contributed by atoms with van der Waals surface area (Å²) in [6.07, 6.45) is 6.32. The minimum Gasteiger partial charge on any atom is -0.494 e. The van der Waals surface area contributed by atoms with Crippen LogP contribution in [-0.2, 0) is 11.2 Å². The SMILES string of the molecule is O=C(CCC1CCOC1)c1cc(CCCCCOc2ccccc2)on1. The number of ketones is 1. The Labute approximate surface area is 154 Å². The third-order valence-corrected chi connectivity index (χ3v) is 4.73. The average Bonchev–Trinajstić information content (AvgIpc) is 3.35. The van der Waals surface area contributed by atoms with Crippen molar-refractivity contribution in [2.24, 2.45) is 5.92 Å². The number of unbranched alkanes of at least 4 members (excludes halogenated alkanes) is 2. The second-order valence-corrected chi connectivity index (χ2v) is 6.84. The van der Waals surface area contributed by atoms with Gasteiger partial charge < -0.3 is 14.0 Å². The first-order valence-corrected chi connectivity index (χ1v) is 9.55. The van der Waals surface area contributed by atoms with Crippen LogP contribution in [0.2, 0.25) is 0 Å². The Kier molecular flexibility index (Phi) is 7.25. The Morgan fingerprint density at radius 2 is 2.08 bits per heavy atom. The van der Waals surface area contributed by atoms with E-state index in [1.165, 1.54) is 0 Å². The van der Waals surface area contributed by atoms with Gasteiger partial charge >= 0.3 is 0 Å². The van der Waals surface area contributed by atoms with Crippen LogP contribution >= 0.6 is 0 Å². The second kappa shape index (κ2) is 10.1. The van der Waals surface area contributed by atoms with Crippen molar-refractivity contribution >= 4 is 5.78 Å². The van der Waals surface area contributed by atoms with Crippen molar-refractivity contribution < 1.29 is 18.8 Å². The van der Waals surface area contributed by atoms with E-state index in [1.54, 1.807) is 6.07 Å². The summed E-state index contributed by atoms with van der Waals surface area (Å²) < 4.78 is 16.3. The molecular weight excluding hydrogens is 330 g/mol. The van der Waals surface area contributed by atoms with E-state index in [4.69, 9.17) is 14.0 Å². The van der Waals surface area contributed by atoms with Crippen molar-refractivity contribution in [3.63, 3.8) is 0 Å². The molecule has 1 fully saturated rings. The Morgan fingerprint density at radius 1 is 1.19 bits per heavy atom. The minimum absolute atomic E-state index is 0.0724. The maximum absolute atomic E-state index is 12.2. The number of hydrogen-bond acceptors (Lipinski definition) is 5. The van der Waals surface area contributed by atoms with Crippen LogP contribution in [0.3, 0.4) is 0 Å². The van der Waals surface area contributed by atoms with Gasteiger partial charge in [-0.1, -0.05) is 23.4 Å². The van der Waals surface area contributed by atoms with Crippen LogP contribution in [0.4, 0.5) is 0 Å². The lowest BCUT2D eigenvalue weighted by atomic mass is 10.00. The number of rotatable bonds is 11. The zero-order chi connectivity index (χ0) is 18.0. The van der Waals surface area contributed by atoms with E-state index in [0.717, 1.165) is 69.9 Å². The first kappa shape index (κ1) is 18.6. The molecule has 1 aliphatic rings. The number of para-hydroxylation sites is 1. The summed E-state index contributed by atoms with van der Waals surface area (Å²) in [5.74, 6) is 2.29. The Bertz CT molecular complexity index is 662. The first-order chi connectivity index (χ1) is 12.8. The van der Waals surface area contributed by atoms with Crippen molar-refractivity contribution in [1.82, 2.24) is 5.16 Å². The first-order valence-electron chi connectivity index (χ1n) is 9.55. The quantitative estimate of drug-likeness (QED) is 0.439. The van der Waals surface area contributed by atoms with Crippen LogP contribution in [0, 0.1) is 5.92 Å². The van der Waals surface area contributed by atoms with E-state index in [9.17, 15) is 4.79 Å². The largest absolute Gasteiger partial charge is 0.494 e. The lowest BCUT2D eigenvalue weighted by Gasteiger charge is -2.05. The molecule has 1 aromatic heterocycles. The van der Waals surface area contributed by atoms with Gasteiger partial charge in [-0.15, -0.1) is 0 Å². The van der Waals surface area contributed by atoms with Crippen LogP contribution in [0.5, 0.6) is 5.75 Å². The summed E-state index contributed by atoms with van der Waals surface area (Å²) in [7, 11) is 0. The lowest BCUT2D eigenvalue weighted by Crippen LogP contribution is -2.05. The standard InChI is InChI=1S/C21H27NO4/c23-21(11-10-17-12-14-24-16-17)20-15-19(26-22-20)9-5-2-6-13-25-18-7-3-1-4-8-18/h1,3-4,7-8,15,17H,2,5-6,9-14,16H2. The van der Waals surface area contributed by atoms with Gasteiger partial charge in [-0.25, -0.2) is 0 Å². The number of ether oxygens (including phenoxy) is 2. The minimum atomic E-state index is 0.0724. The maximum atomic E-state index is 12.2. The molecule has 0 bridgehead atoms. The molecule has 2 heterocycles. The molecule has 140 valence electrons. The summed E-state index contributed by atoms with van der Waals surface area (Å²) in [4.78, 5) is 12.2. The van der Waals surface area contributed by atoms with Gasteiger partial charge in [0.15, 0.2) is 5.78 Å². The molecule has 2 aromatic rings. The Balaban J connectivity index is 1.28. The number of Topliss-reactive ketones (excluding diaryl/α,β-unsaturated/α-hetero) is 1. The molecule has 1 aromatic carbocycles. The summed E-state index contributed by atoms with van der Waals surface area (Å²) in [5, 5.41) is 3.94. The average molecular weight is 357 g/mol. The van der Waals surface area contributed by atoms with E-state index in [-0.39, 0.29) is 5.78 Å². The van der Waals surface area contributed by atoms with Gasteiger partial charge in [0, 0.05) is 32.1 Å². The zero-order valence-corrected chi connectivity index (χ0v) is 15.2. The van der Waals surface area contributed by atoms with Crippen molar-refractivity contribution in [2.45, 2.75) is 44.9 Å². The summed E-state index contributed by atoms with van der Waals surface area (Å²) in [6, 6.07) is 11.7. The van der Waals surface area contributed by atoms with Crippen molar-refractivity contribution in [3.8, 4) is 5.75 Å². The smallest absolute Gasteiger partial charge is 0.184 e. The predicted octanol–water partition coefficient (Wildman–Crippen LogP) is 4.47. The van der Waals surface area contributed by atoms with E-state index in [1.807, 2.05) is 30.3 Å². The molecule has 1 saturated heterocycles. The highest BCUT2D eigenvalue weighted by Gasteiger charge is 2.19. The number of nitrogens with zero attached hydrogens (tertiary/aromatic N) is 1. The summed E-state index contributed by atoms with van der Waals surface area (Å²) in [5.41, 5.74) is 0.464. The molecule has 0 N–H and O–H groups in total. The molecule has 3 rings (SSSR count). The van der Waals surface area contributed by atoms with Crippen molar-refractivity contribution in [3.05, 3.63) is 47.9 Å². The normalized spacial score (nSPS) is 16.7. The van der Waals surface area contributed by atoms with Gasteiger partial charge in [0.2, 0.25) is 0 Å². The van der Waals surface area contributed by atoms with Gasteiger partial charge in [0.25, 0.3) is 0 Å². The molecule has 1 atom stereocenters. The van der Waals surface area contributed by atoms with Crippen LogP contribution in [0.25, 0.3) is 0 Å². The number of carbonyl (C=O) groups excluding carboxylic acids is 1. The second-order valence-electron chi connectivity index (χ2n) is 6.84. The van der Waals surface area contributed by atoms with E-state index < -0.39 is 0 Å². The molecule has 5 nitrogen and oxygen atoms in total. The third-order valence-electron chi connectivity index (χ3n) is 4.73. The molecule has 0 aliphatic carbocycles. The van der Waals surface area contributed by atoms with E-state index in [2.05, 4.69) is 5.16 Å². The highest BCUT2D eigenvalue weighted by atomic mass is 16.5. The number of carbonyl (C=O) groups is 1. The fourth-order valence-electron chi connectivity index (χ4n) is 3.12. The maximum Gasteiger partial charge on any atom is 0.184 e. The van der Waals surface area contributed by atoms with Crippen LogP contribution in [-0.4, -0.2) is 30.8 Å². The number of aryl methyl sites for hydroxylation is 1. The van der Waals surface area contributed by atoms with Crippen LogP contribution in [0.15, 0.2) is 40.9 Å². The van der Waals surface area contributed by atoms with E-state index >= 15 is 0 Å². The summed E-state index contributed by atoms with van der Waals surface area (Å²) >= 11 is 0. The van der Waals surface area contributed by atoms with E-state index in [0.29, 0.717) is 18.0 Å². The third kappa shape index (κ3) is 5.99. The van der Waals surface area contributed by atoms with Crippen molar-refractivity contribution in [1.29, 1.82) is 0 Å². The van der Waals surface area contributed by atoms with Crippen LogP contribution < -0.4 is 4.74 Å². The topological polar surface area (TPSA) is 61.6 Å². The number of hydrogen-bond donors (Lipinski definition) is 0. The fraction of sp³-hybridized carbons (Fsp3) is 0.524. The molecule has 26 heavy (non-hydrogen) atoms. The molecular formula is C21H27NO4. The predicted molar refractivity (Wildman–Crippen MR) is 98.5 cm³/mol. The van der Waals surface area contributed by atoms with Gasteiger partial charge in [-0.05, 0) is 50.2 Å². The highest BCUT2D eigenvalue weighted by molar-refractivity contribution is 5.94. The molecule has 0 amide bonds. The molecule has 0 saturated carbocycles. The van der Waals surface area contributed by atoms with Gasteiger partial charge in [0.1, 0.15) is 17.2 Å². The molecule has 0 spiro atoms.